The van der Waals surface area contributed by atoms with Crippen LogP contribution in [0.5, 0.6) is 5.75 Å². The molecule has 1 heterocycles. The predicted octanol–water partition coefficient (Wildman–Crippen LogP) is 3.43. The fraction of sp³-hybridized carbons (Fsp3) is 0.190. The van der Waals surface area contributed by atoms with Crippen molar-refractivity contribution in [2.75, 3.05) is 0 Å². The first-order valence-corrected chi connectivity index (χ1v) is 8.31. The van der Waals surface area contributed by atoms with E-state index >= 15 is 0 Å². The molecule has 2 aromatic carbocycles. The Morgan fingerprint density at radius 1 is 1.00 bits per heavy atom. The molecule has 1 aliphatic heterocycles. The Labute approximate surface area is 156 Å². The molecule has 2 aromatic rings. The van der Waals surface area contributed by atoms with Gasteiger partial charge in [-0.25, -0.2) is 14.4 Å². The summed E-state index contributed by atoms with van der Waals surface area (Å²) in [6.45, 7) is 4.88. The average molecular weight is 366 g/mol. The molecule has 27 heavy (non-hydrogen) atoms. The molecule has 0 radical (unpaired) electrons. The van der Waals surface area contributed by atoms with Crippen LogP contribution in [0.4, 0.5) is 0 Å². The lowest BCUT2D eigenvalue weighted by Gasteiger charge is -2.29. The summed E-state index contributed by atoms with van der Waals surface area (Å²) in [5, 5.41) is 0. The van der Waals surface area contributed by atoms with Gasteiger partial charge >= 0.3 is 17.9 Å². The number of rotatable bonds is 3. The Balaban J connectivity index is 1.79. The first kappa shape index (κ1) is 18.4. The normalized spacial score (nSPS) is 15.6. The van der Waals surface area contributed by atoms with Gasteiger partial charge in [0.05, 0.1) is 5.56 Å². The van der Waals surface area contributed by atoms with Gasteiger partial charge in [-0.1, -0.05) is 29.8 Å². The minimum atomic E-state index is -1.29. The molecule has 3 rings (SSSR count). The third-order valence-corrected chi connectivity index (χ3v) is 3.78. The number of esters is 3. The summed E-state index contributed by atoms with van der Waals surface area (Å²) >= 11 is 0. The molecule has 0 unspecified atom stereocenters. The lowest BCUT2D eigenvalue weighted by atomic mass is 10.1. The summed E-state index contributed by atoms with van der Waals surface area (Å²) in [7, 11) is 0. The molecule has 0 aromatic heterocycles. The molecule has 0 saturated carbocycles. The lowest BCUT2D eigenvalue weighted by Crippen LogP contribution is -2.41. The minimum absolute atomic E-state index is 0.226. The maximum atomic E-state index is 12.2. The zero-order chi connectivity index (χ0) is 19.6. The van der Waals surface area contributed by atoms with E-state index in [2.05, 4.69) is 0 Å². The van der Waals surface area contributed by atoms with Crippen molar-refractivity contribution in [1.29, 1.82) is 0 Å². The van der Waals surface area contributed by atoms with Crippen molar-refractivity contribution in [3.63, 3.8) is 0 Å². The molecule has 1 fully saturated rings. The quantitative estimate of drug-likeness (QED) is 0.358. The van der Waals surface area contributed by atoms with Crippen LogP contribution in [0.2, 0.25) is 0 Å². The number of hydrogen-bond donors (Lipinski definition) is 0. The fourth-order valence-electron chi connectivity index (χ4n) is 2.47. The van der Waals surface area contributed by atoms with Gasteiger partial charge in [-0.3, -0.25) is 0 Å². The molecule has 0 bridgehead atoms. The van der Waals surface area contributed by atoms with Crippen molar-refractivity contribution >= 4 is 24.0 Å². The van der Waals surface area contributed by atoms with E-state index < -0.39 is 23.7 Å². The van der Waals surface area contributed by atoms with E-state index in [-0.39, 0.29) is 11.3 Å². The van der Waals surface area contributed by atoms with E-state index in [1.807, 2.05) is 19.1 Å². The molecule has 0 N–H and O–H groups in total. The number of ether oxygens (including phenoxy) is 3. The van der Waals surface area contributed by atoms with Crippen LogP contribution in [0.15, 0.2) is 54.1 Å². The molecule has 0 atom stereocenters. The molecule has 1 saturated heterocycles. The van der Waals surface area contributed by atoms with Gasteiger partial charge in [-0.2, -0.15) is 0 Å². The van der Waals surface area contributed by atoms with Gasteiger partial charge in [0, 0.05) is 13.8 Å². The van der Waals surface area contributed by atoms with Crippen molar-refractivity contribution in [2.24, 2.45) is 0 Å². The van der Waals surface area contributed by atoms with E-state index in [1.165, 1.54) is 19.9 Å². The number of benzene rings is 2. The number of carbonyl (C=O) groups is 3. The summed E-state index contributed by atoms with van der Waals surface area (Å²) < 4.78 is 15.5. The standard InChI is InChI=1S/C21H18O6/c1-13-7-9-15(10-8-13)18(22)25-16-6-4-5-14(11-16)12-17-19(23)26-21(2,3)27-20(17)24/h4-12H,1-3H3. The second-order valence-corrected chi connectivity index (χ2v) is 6.56. The first-order valence-electron chi connectivity index (χ1n) is 8.31. The summed E-state index contributed by atoms with van der Waals surface area (Å²) in [4.78, 5) is 36.3. The number of aryl methyl sites for hydroxylation is 1. The van der Waals surface area contributed by atoms with Gasteiger partial charge in [0.2, 0.25) is 0 Å². The van der Waals surface area contributed by atoms with Crippen LogP contribution < -0.4 is 4.74 Å². The maximum absolute atomic E-state index is 12.2. The van der Waals surface area contributed by atoms with Gasteiger partial charge < -0.3 is 14.2 Å². The average Bonchev–Trinajstić information content (AvgIpc) is 2.58. The van der Waals surface area contributed by atoms with Crippen LogP contribution in [0.25, 0.3) is 6.08 Å². The largest absolute Gasteiger partial charge is 0.423 e. The van der Waals surface area contributed by atoms with Crippen molar-refractivity contribution < 1.29 is 28.6 Å². The van der Waals surface area contributed by atoms with E-state index in [0.717, 1.165) is 5.56 Å². The highest BCUT2D eigenvalue weighted by Gasteiger charge is 2.38. The third-order valence-electron chi connectivity index (χ3n) is 3.78. The molecule has 6 heteroatoms. The van der Waals surface area contributed by atoms with Crippen LogP contribution in [0.1, 0.15) is 35.3 Å². The molecule has 0 aliphatic carbocycles. The molecule has 6 nitrogen and oxygen atoms in total. The minimum Gasteiger partial charge on any atom is -0.423 e. The van der Waals surface area contributed by atoms with Gasteiger partial charge in [0.15, 0.2) is 0 Å². The molecular weight excluding hydrogens is 348 g/mol. The molecule has 0 spiro atoms. The zero-order valence-corrected chi connectivity index (χ0v) is 15.1. The van der Waals surface area contributed by atoms with E-state index in [9.17, 15) is 14.4 Å². The summed E-state index contributed by atoms with van der Waals surface area (Å²) in [6, 6.07) is 13.5. The van der Waals surface area contributed by atoms with E-state index in [1.54, 1.807) is 36.4 Å². The fourth-order valence-corrected chi connectivity index (χ4v) is 2.47. The van der Waals surface area contributed by atoms with Crippen LogP contribution in [-0.4, -0.2) is 23.7 Å². The monoisotopic (exact) mass is 366 g/mol. The second kappa shape index (κ2) is 7.07. The molecule has 138 valence electrons. The second-order valence-electron chi connectivity index (χ2n) is 6.56. The smallest absolute Gasteiger partial charge is 0.348 e. The Morgan fingerprint density at radius 2 is 1.63 bits per heavy atom. The number of hydrogen-bond acceptors (Lipinski definition) is 6. The van der Waals surface area contributed by atoms with Crippen molar-refractivity contribution in [2.45, 2.75) is 26.6 Å². The Morgan fingerprint density at radius 3 is 2.26 bits per heavy atom. The topological polar surface area (TPSA) is 78.9 Å². The van der Waals surface area contributed by atoms with Gasteiger partial charge in [-0.15, -0.1) is 0 Å². The predicted molar refractivity (Wildman–Crippen MR) is 96.8 cm³/mol. The van der Waals surface area contributed by atoms with Crippen molar-refractivity contribution in [3.8, 4) is 5.75 Å². The zero-order valence-electron chi connectivity index (χ0n) is 15.1. The van der Waals surface area contributed by atoms with Gasteiger partial charge in [0.25, 0.3) is 5.79 Å². The highest BCUT2D eigenvalue weighted by atomic mass is 16.7. The van der Waals surface area contributed by atoms with Crippen LogP contribution in [0, 0.1) is 6.92 Å². The number of cyclic esters (lactones) is 2. The van der Waals surface area contributed by atoms with Crippen LogP contribution >= 0.6 is 0 Å². The molecule has 0 amide bonds. The van der Waals surface area contributed by atoms with E-state index in [0.29, 0.717) is 11.1 Å². The van der Waals surface area contributed by atoms with Crippen molar-refractivity contribution in [1.82, 2.24) is 0 Å². The Bertz CT molecular complexity index is 915. The highest BCUT2D eigenvalue weighted by molar-refractivity contribution is 6.18. The van der Waals surface area contributed by atoms with Gasteiger partial charge in [-0.05, 0) is 42.8 Å². The number of carbonyl (C=O) groups excluding carboxylic acids is 3. The summed E-state index contributed by atoms with van der Waals surface area (Å²) in [5.41, 5.74) is 1.73. The molecular formula is C21H18O6. The Hall–Kier alpha value is -3.41. The first-order chi connectivity index (χ1) is 12.7. The van der Waals surface area contributed by atoms with Crippen LogP contribution in [-0.2, 0) is 19.1 Å². The highest BCUT2D eigenvalue weighted by Crippen LogP contribution is 2.25. The summed E-state index contributed by atoms with van der Waals surface area (Å²) in [6.07, 6.45) is 1.34. The summed E-state index contributed by atoms with van der Waals surface area (Å²) in [5.74, 6) is -3.04. The van der Waals surface area contributed by atoms with Gasteiger partial charge in [0.1, 0.15) is 11.3 Å². The Kier molecular flexibility index (Phi) is 4.81. The molecule has 1 aliphatic rings. The van der Waals surface area contributed by atoms with Crippen LogP contribution in [0.3, 0.4) is 0 Å². The maximum Gasteiger partial charge on any atom is 0.348 e. The van der Waals surface area contributed by atoms with Crippen molar-refractivity contribution in [3.05, 3.63) is 70.8 Å². The SMILES string of the molecule is Cc1ccc(C(=O)Oc2cccc(C=C3C(=O)OC(C)(C)OC3=O)c2)cc1. The van der Waals surface area contributed by atoms with E-state index in [4.69, 9.17) is 14.2 Å². The third kappa shape index (κ3) is 4.41. The lowest BCUT2D eigenvalue weighted by molar-refractivity contribution is -0.222.